The maximum absolute atomic E-state index is 12.3. The van der Waals surface area contributed by atoms with Crippen molar-refractivity contribution in [2.45, 2.75) is 58.8 Å². The molecule has 1 aliphatic rings. The van der Waals surface area contributed by atoms with E-state index < -0.39 is 0 Å². The van der Waals surface area contributed by atoms with Crippen molar-refractivity contribution < 1.29 is 4.79 Å². The van der Waals surface area contributed by atoms with Gasteiger partial charge in [0, 0.05) is 29.5 Å². The Balaban J connectivity index is 1.32. The van der Waals surface area contributed by atoms with Gasteiger partial charge in [-0.05, 0) is 62.6 Å². The lowest BCUT2D eigenvalue weighted by atomic mass is 9.86. The van der Waals surface area contributed by atoms with E-state index in [4.69, 9.17) is 0 Å². The number of aromatic nitrogens is 2. The third-order valence-electron chi connectivity index (χ3n) is 6.11. The fraction of sp³-hybridized carbons (Fsp3) is 0.370. The number of rotatable bonds is 8. The molecule has 1 aliphatic carbocycles. The second-order valence-electron chi connectivity index (χ2n) is 8.97. The van der Waals surface area contributed by atoms with Crippen molar-refractivity contribution in [2.75, 3.05) is 16.0 Å². The van der Waals surface area contributed by atoms with E-state index in [-0.39, 0.29) is 5.91 Å². The zero-order valence-corrected chi connectivity index (χ0v) is 19.5. The zero-order chi connectivity index (χ0) is 23.0. The average molecular weight is 444 g/mol. The van der Waals surface area contributed by atoms with Crippen LogP contribution in [0, 0.1) is 19.8 Å². The van der Waals surface area contributed by atoms with Gasteiger partial charge in [0.25, 0.3) is 0 Å². The molecule has 1 saturated carbocycles. The smallest absolute Gasteiger partial charge is 0.224 e. The van der Waals surface area contributed by atoms with E-state index in [1.165, 1.54) is 37.7 Å². The summed E-state index contributed by atoms with van der Waals surface area (Å²) >= 11 is 0. The van der Waals surface area contributed by atoms with Gasteiger partial charge in [-0.15, -0.1) is 0 Å². The number of benzene rings is 2. The molecule has 4 rings (SSSR count). The second-order valence-corrected chi connectivity index (χ2v) is 8.97. The molecule has 1 amide bonds. The molecule has 0 saturated heterocycles. The fourth-order valence-corrected chi connectivity index (χ4v) is 4.30. The summed E-state index contributed by atoms with van der Waals surface area (Å²) in [5.74, 6) is 2.94. The predicted molar refractivity (Wildman–Crippen MR) is 135 cm³/mol. The molecule has 3 aromatic rings. The van der Waals surface area contributed by atoms with Crippen LogP contribution in [0.15, 0.2) is 54.6 Å². The summed E-state index contributed by atoms with van der Waals surface area (Å²) in [4.78, 5) is 21.3. The predicted octanol–water partition coefficient (Wildman–Crippen LogP) is 6.88. The number of amides is 1. The van der Waals surface area contributed by atoms with Crippen LogP contribution in [0.25, 0.3) is 0 Å². The standard InChI is InChI=1S/C27H33N5O/c1-19-8-11-22(12-9-19)30-25-18-26(29-20(2)28-25)31-23-13-15-24(16-14-23)32-27(33)17-10-21-6-4-3-5-7-21/h8-9,11-16,18,21H,3-7,10,17H2,1-2H3,(H,32,33)(H2,28,29,30,31). The van der Waals surface area contributed by atoms with Crippen LogP contribution in [-0.2, 0) is 4.79 Å². The van der Waals surface area contributed by atoms with E-state index in [1.54, 1.807) is 0 Å². The summed E-state index contributed by atoms with van der Waals surface area (Å²) in [7, 11) is 0. The first-order valence-corrected chi connectivity index (χ1v) is 11.9. The summed E-state index contributed by atoms with van der Waals surface area (Å²) in [6.45, 7) is 3.94. The van der Waals surface area contributed by atoms with Gasteiger partial charge in [-0.1, -0.05) is 49.8 Å². The maximum atomic E-state index is 12.3. The van der Waals surface area contributed by atoms with E-state index in [2.05, 4.69) is 45.0 Å². The van der Waals surface area contributed by atoms with E-state index in [0.29, 0.717) is 18.1 Å². The number of anilines is 5. The number of nitrogens with zero attached hydrogens (tertiary/aromatic N) is 2. The Hall–Kier alpha value is -3.41. The second kappa shape index (κ2) is 10.9. The van der Waals surface area contributed by atoms with Crippen molar-refractivity contribution in [2.24, 2.45) is 5.92 Å². The topological polar surface area (TPSA) is 78.9 Å². The lowest BCUT2D eigenvalue weighted by molar-refractivity contribution is -0.116. The van der Waals surface area contributed by atoms with Gasteiger partial charge in [0.05, 0.1) is 0 Å². The minimum Gasteiger partial charge on any atom is -0.340 e. The van der Waals surface area contributed by atoms with Crippen LogP contribution in [0.3, 0.4) is 0 Å². The molecule has 0 atom stereocenters. The van der Waals surface area contributed by atoms with Crippen LogP contribution in [-0.4, -0.2) is 15.9 Å². The number of carbonyl (C=O) groups is 1. The van der Waals surface area contributed by atoms with Crippen LogP contribution in [0.5, 0.6) is 0 Å². The summed E-state index contributed by atoms with van der Waals surface area (Å²) in [5, 5.41) is 9.67. The number of hydrogen-bond acceptors (Lipinski definition) is 5. The monoisotopic (exact) mass is 443 g/mol. The highest BCUT2D eigenvalue weighted by Gasteiger charge is 2.15. The normalized spacial score (nSPS) is 14.0. The lowest BCUT2D eigenvalue weighted by Gasteiger charge is -2.21. The largest absolute Gasteiger partial charge is 0.340 e. The molecule has 0 radical (unpaired) electrons. The van der Waals surface area contributed by atoms with Gasteiger partial charge in [-0.25, -0.2) is 9.97 Å². The molecule has 172 valence electrons. The highest BCUT2D eigenvalue weighted by Crippen LogP contribution is 2.27. The molecule has 1 fully saturated rings. The van der Waals surface area contributed by atoms with Gasteiger partial charge < -0.3 is 16.0 Å². The minimum absolute atomic E-state index is 0.0968. The van der Waals surface area contributed by atoms with E-state index >= 15 is 0 Å². The minimum atomic E-state index is 0.0968. The molecule has 1 aromatic heterocycles. The molecule has 0 bridgehead atoms. The highest BCUT2D eigenvalue weighted by atomic mass is 16.1. The Morgan fingerprint density at radius 1 is 0.818 bits per heavy atom. The Morgan fingerprint density at radius 2 is 1.36 bits per heavy atom. The fourth-order valence-electron chi connectivity index (χ4n) is 4.30. The van der Waals surface area contributed by atoms with Crippen LogP contribution in [0.4, 0.5) is 28.7 Å². The quantitative estimate of drug-likeness (QED) is 0.354. The van der Waals surface area contributed by atoms with Gasteiger partial charge in [0.2, 0.25) is 5.91 Å². The summed E-state index contributed by atoms with van der Waals surface area (Å²) < 4.78 is 0. The summed E-state index contributed by atoms with van der Waals surface area (Å²) in [6.07, 6.45) is 8.13. The van der Waals surface area contributed by atoms with Gasteiger partial charge in [0.15, 0.2) is 0 Å². The third kappa shape index (κ3) is 7.04. The molecular weight excluding hydrogens is 410 g/mol. The molecule has 6 nitrogen and oxygen atoms in total. The van der Waals surface area contributed by atoms with E-state index in [1.807, 2.05) is 49.4 Å². The molecule has 0 unspecified atom stereocenters. The number of hydrogen-bond donors (Lipinski definition) is 3. The summed E-state index contributed by atoms with van der Waals surface area (Å²) in [5.41, 5.74) is 3.91. The van der Waals surface area contributed by atoms with Crippen LogP contribution >= 0.6 is 0 Å². The molecular formula is C27H33N5O. The SMILES string of the molecule is Cc1ccc(Nc2cc(Nc3ccc(NC(=O)CCC4CCCCC4)cc3)nc(C)n2)cc1. The van der Waals surface area contributed by atoms with E-state index in [0.717, 1.165) is 35.2 Å². The number of nitrogens with one attached hydrogen (secondary N) is 3. The first kappa shape index (κ1) is 22.8. The molecule has 0 spiro atoms. The van der Waals surface area contributed by atoms with Crippen molar-refractivity contribution in [1.29, 1.82) is 0 Å². The highest BCUT2D eigenvalue weighted by molar-refractivity contribution is 5.90. The Morgan fingerprint density at radius 3 is 1.97 bits per heavy atom. The molecule has 0 aliphatic heterocycles. The van der Waals surface area contributed by atoms with Crippen LogP contribution in [0.1, 0.15) is 56.3 Å². The van der Waals surface area contributed by atoms with Crippen molar-refractivity contribution in [3.8, 4) is 0 Å². The van der Waals surface area contributed by atoms with Crippen LogP contribution in [0.2, 0.25) is 0 Å². The Bertz CT molecular complexity index is 1060. The number of aryl methyl sites for hydroxylation is 2. The molecule has 3 N–H and O–H groups in total. The zero-order valence-electron chi connectivity index (χ0n) is 19.5. The maximum Gasteiger partial charge on any atom is 0.224 e. The lowest BCUT2D eigenvalue weighted by Crippen LogP contribution is -2.14. The van der Waals surface area contributed by atoms with Crippen molar-refractivity contribution in [1.82, 2.24) is 9.97 Å². The average Bonchev–Trinajstić information content (AvgIpc) is 2.81. The van der Waals surface area contributed by atoms with Gasteiger partial charge in [-0.3, -0.25) is 4.79 Å². The van der Waals surface area contributed by atoms with Crippen LogP contribution < -0.4 is 16.0 Å². The van der Waals surface area contributed by atoms with Gasteiger partial charge in [-0.2, -0.15) is 0 Å². The third-order valence-corrected chi connectivity index (χ3v) is 6.11. The first-order chi connectivity index (χ1) is 16.0. The first-order valence-electron chi connectivity index (χ1n) is 11.9. The van der Waals surface area contributed by atoms with E-state index in [9.17, 15) is 4.79 Å². The molecule has 2 aromatic carbocycles. The van der Waals surface area contributed by atoms with Crippen molar-refractivity contribution >= 4 is 34.6 Å². The summed E-state index contributed by atoms with van der Waals surface area (Å²) in [6, 6.07) is 17.8. The van der Waals surface area contributed by atoms with Crippen molar-refractivity contribution in [3.63, 3.8) is 0 Å². The molecule has 1 heterocycles. The Labute approximate surface area is 196 Å². The molecule has 33 heavy (non-hydrogen) atoms. The number of carbonyl (C=O) groups excluding carboxylic acids is 1. The van der Waals surface area contributed by atoms with Gasteiger partial charge in [0.1, 0.15) is 17.5 Å². The molecule has 6 heteroatoms. The Kier molecular flexibility index (Phi) is 7.55. The van der Waals surface area contributed by atoms with Gasteiger partial charge >= 0.3 is 0 Å². The van der Waals surface area contributed by atoms with Crippen molar-refractivity contribution in [3.05, 3.63) is 66.0 Å².